The summed E-state index contributed by atoms with van der Waals surface area (Å²) in [5, 5.41) is 0. The van der Waals surface area contributed by atoms with Crippen molar-refractivity contribution in [3.63, 3.8) is 0 Å². The molecule has 0 saturated heterocycles. The van der Waals surface area contributed by atoms with Crippen LogP contribution in [0, 0.1) is 4.91 Å². The molecule has 0 N–H and O–H groups in total. The van der Waals surface area contributed by atoms with Crippen LogP contribution in [0.1, 0.15) is 13.8 Å². The van der Waals surface area contributed by atoms with E-state index >= 15 is 0 Å². The molecule has 0 aromatic rings. The van der Waals surface area contributed by atoms with Crippen molar-refractivity contribution >= 4 is 0 Å². The molecule has 0 aromatic heterocycles. The van der Waals surface area contributed by atoms with Crippen LogP contribution in [0.5, 0.6) is 0 Å². The normalized spacial score (nSPS) is 9.14. The highest BCUT2D eigenvalue weighted by Gasteiger charge is 1.94. The van der Waals surface area contributed by atoms with E-state index in [9.17, 15) is 4.91 Å². The second-order valence-electron chi connectivity index (χ2n) is 1.37. The molecule has 0 aliphatic heterocycles. The first-order valence-electron chi connectivity index (χ1n) is 1.92. The molecule has 0 unspecified atom stereocenters. The van der Waals surface area contributed by atoms with Gasteiger partial charge in [0.25, 0.3) is 0 Å². The van der Waals surface area contributed by atoms with E-state index in [0.29, 0.717) is 3.14 Å². The van der Waals surface area contributed by atoms with Gasteiger partial charge in [0.1, 0.15) is 0 Å². The zero-order chi connectivity index (χ0) is 5.86. The van der Waals surface area contributed by atoms with E-state index in [1.807, 2.05) is 0 Å². The first kappa shape index (κ1) is 7.13. The molecule has 0 bridgehead atoms. The van der Waals surface area contributed by atoms with Gasteiger partial charge >= 0.3 is 0 Å². The summed E-state index contributed by atoms with van der Waals surface area (Å²) in [7, 11) is 0. The van der Waals surface area contributed by atoms with Crippen LogP contribution in [-0.4, -0.2) is 9.24 Å². The molecule has 0 saturated carbocycles. The van der Waals surface area contributed by atoms with Gasteiger partial charge in [-0.1, -0.05) is 0 Å². The Morgan fingerprint density at radius 2 is 2.14 bits per heavy atom. The van der Waals surface area contributed by atoms with Gasteiger partial charge in [-0.05, 0) is 13.8 Å². The summed E-state index contributed by atoms with van der Waals surface area (Å²) in [6, 6.07) is 0. The average Bonchev–Trinajstić information content (AvgIpc) is 1.27. The Labute approximate surface area is 56.1 Å². The number of nitrogens with zero attached hydrogens (tertiary/aromatic N) is 1. The first-order chi connectivity index (χ1) is 3.13. The van der Waals surface area contributed by atoms with Crippen molar-refractivity contribution < 1.29 is 30.8 Å². The number of rotatable bonds is 2. The Morgan fingerprint density at radius 3 is 2.14 bits per heavy atom. The Kier molecular flexibility index (Phi) is 3.23. The van der Waals surface area contributed by atoms with Crippen LogP contribution >= 0.6 is 0 Å². The molecule has 7 heavy (non-hydrogen) atoms. The summed E-state index contributed by atoms with van der Waals surface area (Å²) in [5.41, 5.74) is 0. The fourth-order valence-corrected chi connectivity index (χ4v) is 0.621. The third kappa shape index (κ3) is 6.13. The highest BCUT2D eigenvalue weighted by Crippen LogP contribution is 1.80. The Morgan fingerprint density at radius 1 is 1.71 bits per heavy atom. The summed E-state index contributed by atoms with van der Waals surface area (Å²) in [4.78, 5) is 14.4. The van der Waals surface area contributed by atoms with Gasteiger partial charge in [-0.15, -0.1) is 0 Å². The zero-order valence-electron chi connectivity index (χ0n) is 4.22. The lowest BCUT2D eigenvalue weighted by atomic mass is 10.5. The largest absolute Gasteiger partial charge is 0.253 e. The minimum absolute atomic E-state index is 0.0191. The molecule has 0 heterocycles. The maximum atomic E-state index is 9.94. The van der Waals surface area contributed by atoms with E-state index in [0.717, 1.165) is 0 Å². The highest BCUT2D eigenvalue weighted by atomic mass is 127. The van der Waals surface area contributed by atoms with Gasteiger partial charge in [0.15, 0.2) is 6.10 Å². The van der Waals surface area contributed by atoms with Crippen molar-refractivity contribution in [3.8, 4) is 0 Å². The lowest BCUT2D eigenvalue weighted by molar-refractivity contribution is -1.19. The Bertz CT molecular complexity index is 73.3. The second-order valence-corrected chi connectivity index (χ2v) is 2.15. The van der Waals surface area contributed by atoms with Crippen molar-refractivity contribution in [3.05, 3.63) is 4.91 Å². The summed E-state index contributed by atoms with van der Waals surface area (Å²) >= 11 is 1.51. The van der Waals surface area contributed by atoms with Gasteiger partial charge in [-0.3, -0.25) is 4.84 Å². The monoisotopic (exact) mass is 216 g/mol. The molecule has 0 rings (SSSR count). The third-order valence-corrected chi connectivity index (χ3v) is 0.521. The average molecular weight is 216 g/mol. The molecule has 0 aliphatic rings. The first-order valence-corrected chi connectivity index (χ1v) is 2.89. The maximum absolute atomic E-state index is 9.94. The number of hydrogen-bond donors (Lipinski definition) is 0. The van der Waals surface area contributed by atoms with Gasteiger partial charge in [0.05, 0.1) is 3.14 Å². The number of halogens is 1. The lowest BCUT2D eigenvalue weighted by Crippen LogP contribution is -3.39. The quantitative estimate of drug-likeness (QED) is 0.292. The van der Waals surface area contributed by atoms with Crippen molar-refractivity contribution in [1.29, 1.82) is 0 Å². The molecule has 0 aliphatic carbocycles. The highest BCUT2D eigenvalue weighted by molar-refractivity contribution is 4.24. The van der Waals surface area contributed by atoms with Crippen molar-refractivity contribution in [2.24, 2.45) is 0 Å². The van der Waals surface area contributed by atoms with Crippen LogP contribution in [0.4, 0.5) is 0 Å². The van der Waals surface area contributed by atoms with Gasteiger partial charge in [0.2, 0.25) is 0 Å². The van der Waals surface area contributed by atoms with E-state index in [4.69, 9.17) is 0 Å². The molecule has 0 amide bonds. The summed E-state index contributed by atoms with van der Waals surface area (Å²) in [6.45, 7) is 3.59. The summed E-state index contributed by atoms with van der Waals surface area (Å²) in [5.74, 6) is 0. The van der Waals surface area contributed by atoms with Crippen LogP contribution in [-0.2, 0) is 4.84 Å². The molecular weight excluding hydrogens is 209 g/mol. The fraction of sp³-hybridized carbons (Fsp3) is 1.00. The number of hydrogen-bond acceptors (Lipinski definition) is 2. The molecular formula is C3H7INO2. The predicted molar refractivity (Wildman–Crippen MR) is 19.8 cm³/mol. The lowest BCUT2D eigenvalue weighted by Gasteiger charge is -1.97. The van der Waals surface area contributed by atoms with E-state index in [-0.39, 0.29) is 6.10 Å². The summed E-state index contributed by atoms with van der Waals surface area (Å²) < 4.78 is 0.419. The van der Waals surface area contributed by atoms with Crippen molar-refractivity contribution in [1.82, 2.24) is 0 Å². The third-order valence-electron chi connectivity index (χ3n) is 0.294. The molecule has 4 heteroatoms. The van der Waals surface area contributed by atoms with Crippen LogP contribution in [0.15, 0.2) is 0 Å². The molecule has 1 radical (unpaired) electrons. The van der Waals surface area contributed by atoms with Gasteiger partial charge in [-0.2, -0.15) is 0 Å². The van der Waals surface area contributed by atoms with Crippen LogP contribution in [0.2, 0.25) is 0 Å². The van der Waals surface area contributed by atoms with Gasteiger partial charge in [0, 0.05) is 4.91 Å². The molecule has 0 spiro atoms. The zero-order valence-corrected chi connectivity index (χ0v) is 6.38. The van der Waals surface area contributed by atoms with Crippen LogP contribution in [0.3, 0.4) is 0 Å². The fourth-order valence-electron chi connectivity index (χ4n) is 0.166. The Balaban J connectivity index is 3.13. The smallest absolute Gasteiger partial charge is 0.166 e. The predicted octanol–water partition coefficient (Wildman–Crippen LogP) is -2.43. The van der Waals surface area contributed by atoms with E-state index < -0.39 is 0 Å². The molecule has 3 nitrogen and oxygen atoms in total. The van der Waals surface area contributed by atoms with Gasteiger partial charge < -0.3 is 0 Å². The second kappa shape index (κ2) is 3.17. The van der Waals surface area contributed by atoms with Crippen LogP contribution in [0.25, 0.3) is 0 Å². The van der Waals surface area contributed by atoms with Crippen molar-refractivity contribution in [2.75, 3.05) is 0 Å². The minimum atomic E-state index is -0.0191. The van der Waals surface area contributed by atoms with Crippen molar-refractivity contribution in [2.45, 2.75) is 20.0 Å². The molecule has 0 fully saturated rings. The SMILES string of the molecule is CC(C)O[N+](=O)[I-]. The van der Waals surface area contributed by atoms with E-state index in [1.54, 1.807) is 13.8 Å². The standard InChI is InChI=1S/C3H7INO2/c1-3(2)7-5(4)6/h3H,1-2H3. The van der Waals surface area contributed by atoms with E-state index in [1.165, 1.54) is 22.9 Å². The molecule has 43 valence electrons. The van der Waals surface area contributed by atoms with Crippen LogP contribution < -0.4 is 22.9 Å². The summed E-state index contributed by atoms with van der Waals surface area (Å²) in [6.07, 6.45) is -0.0191. The maximum Gasteiger partial charge on any atom is 0.166 e. The minimum Gasteiger partial charge on any atom is -0.253 e. The Hall–Kier alpha value is 0.130. The molecule has 0 aromatic carbocycles. The topological polar surface area (TPSA) is 29.3 Å². The van der Waals surface area contributed by atoms with Gasteiger partial charge in [-0.25, -0.2) is 22.9 Å². The van der Waals surface area contributed by atoms with E-state index in [2.05, 4.69) is 4.84 Å². The molecule has 0 atom stereocenters.